The van der Waals surface area contributed by atoms with Gasteiger partial charge < -0.3 is 24.6 Å². The van der Waals surface area contributed by atoms with E-state index in [0.29, 0.717) is 22.7 Å². The van der Waals surface area contributed by atoms with Gasteiger partial charge >= 0.3 is 6.18 Å². The normalized spacial score (nSPS) is 12.9. The van der Waals surface area contributed by atoms with E-state index < -0.39 is 23.7 Å². The zero-order valence-electron chi connectivity index (χ0n) is 24.2. The number of hydrogen-bond donors (Lipinski definition) is 1. The number of nitrogens with one attached hydrogen (secondary N) is 1. The number of halogens is 3. The number of anilines is 2. The first kappa shape index (κ1) is 30.1. The molecule has 5 rings (SSSR count). The lowest BCUT2D eigenvalue weighted by molar-refractivity contribution is -0.141. The van der Waals surface area contributed by atoms with Crippen LogP contribution in [0.25, 0.3) is 5.69 Å². The smallest absolute Gasteiger partial charge is 0.435 e. The Labute approximate surface area is 250 Å². The molecule has 0 saturated carbocycles. The van der Waals surface area contributed by atoms with E-state index in [4.69, 9.17) is 9.47 Å². The Kier molecular flexibility index (Phi) is 8.05. The monoisotopic (exact) mass is 607 g/mol. The summed E-state index contributed by atoms with van der Waals surface area (Å²) in [4.78, 5) is 42.5. The minimum atomic E-state index is -4.86. The van der Waals surface area contributed by atoms with Crippen molar-refractivity contribution in [3.05, 3.63) is 94.8 Å². The van der Waals surface area contributed by atoms with Gasteiger partial charge in [0, 0.05) is 43.1 Å². The van der Waals surface area contributed by atoms with Gasteiger partial charge in [-0.05, 0) is 73.2 Å². The van der Waals surface area contributed by atoms with Crippen molar-refractivity contribution in [1.82, 2.24) is 14.7 Å². The topological polar surface area (TPSA) is 106 Å². The summed E-state index contributed by atoms with van der Waals surface area (Å²) in [5, 5.41) is 6.57. The number of alkyl halides is 3. The molecule has 1 aromatic heterocycles. The summed E-state index contributed by atoms with van der Waals surface area (Å²) >= 11 is 0. The Hall–Kier alpha value is -5.33. The largest absolute Gasteiger partial charge is 0.497 e. The Bertz CT molecular complexity index is 1730. The number of hydrogen-bond acceptors (Lipinski definition) is 6. The minimum absolute atomic E-state index is 0.0466. The molecule has 4 aromatic rings. The summed E-state index contributed by atoms with van der Waals surface area (Å²) in [6, 6.07) is 16.9. The van der Waals surface area contributed by atoms with E-state index in [-0.39, 0.29) is 47.1 Å². The highest BCUT2D eigenvalue weighted by Gasteiger charge is 2.43. The number of ether oxygens (including phenoxy) is 2. The van der Waals surface area contributed by atoms with Crippen LogP contribution in [0.5, 0.6) is 11.5 Å². The zero-order valence-corrected chi connectivity index (χ0v) is 24.2. The molecule has 3 aromatic carbocycles. The third-order valence-corrected chi connectivity index (χ3v) is 7.14. The number of methoxy groups -OCH3 is 2. The van der Waals surface area contributed by atoms with Crippen LogP contribution in [0.1, 0.15) is 42.5 Å². The molecule has 2 heterocycles. The number of aromatic nitrogens is 2. The molecule has 1 aliphatic heterocycles. The van der Waals surface area contributed by atoms with Crippen molar-refractivity contribution >= 4 is 29.1 Å². The molecular weight excluding hydrogens is 579 g/mol. The van der Waals surface area contributed by atoms with Crippen LogP contribution in [-0.2, 0) is 12.6 Å². The van der Waals surface area contributed by atoms with Crippen molar-refractivity contribution in [3.63, 3.8) is 0 Å². The molecule has 44 heavy (non-hydrogen) atoms. The summed E-state index contributed by atoms with van der Waals surface area (Å²) in [7, 11) is 6.10. The molecule has 228 valence electrons. The predicted octanol–water partition coefficient (Wildman–Crippen LogP) is 5.07. The highest BCUT2D eigenvalue weighted by atomic mass is 19.4. The van der Waals surface area contributed by atoms with Crippen molar-refractivity contribution in [1.29, 1.82) is 0 Å². The SMILES string of the molecule is COc1ccc(NC(=O)c2cc(OC)ccc2-n2nc(C(F)(F)F)c3c2C(=O)N(c2ccc(C(=O)N(C)C)cc2)CC3)cc1. The van der Waals surface area contributed by atoms with Gasteiger partial charge in [0.2, 0.25) is 0 Å². The lowest BCUT2D eigenvalue weighted by Gasteiger charge is -2.28. The number of amides is 3. The van der Waals surface area contributed by atoms with Crippen molar-refractivity contribution < 1.29 is 37.0 Å². The molecule has 13 heteroatoms. The summed E-state index contributed by atoms with van der Waals surface area (Å²) in [5.74, 6) is -0.806. The van der Waals surface area contributed by atoms with Crippen LogP contribution in [0.3, 0.4) is 0 Å². The molecule has 3 amide bonds. The van der Waals surface area contributed by atoms with Crippen LogP contribution in [-0.4, -0.2) is 67.3 Å². The zero-order chi connectivity index (χ0) is 31.8. The molecule has 0 unspecified atom stereocenters. The van der Waals surface area contributed by atoms with E-state index in [1.165, 1.54) is 42.2 Å². The van der Waals surface area contributed by atoms with Gasteiger partial charge in [-0.15, -0.1) is 0 Å². The molecule has 0 radical (unpaired) electrons. The maximum absolute atomic E-state index is 14.2. The van der Waals surface area contributed by atoms with Gasteiger partial charge in [-0.2, -0.15) is 18.3 Å². The van der Waals surface area contributed by atoms with Gasteiger partial charge in [0.15, 0.2) is 5.69 Å². The maximum atomic E-state index is 14.2. The Morgan fingerprint density at radius 3 is 2.16 bits per heavy atom. The number of fused-ring (bicyclic) bond motifs is 1. The lowest BCUT2D eigenvalue weighted by Crippen LogP contribution is -2.39. The first-order chi connectivity index (χ1) is 20.9. The van der Waals surface area contributed by atoms with Crippen molar-refractivity contribution in [2.75, 3.05) is 45.1 Å². The molecule has 1 N–H and O–H groups in total. The van der Waals surface area contributed by atoms with E-state index in [9.17, 15) is 27.6 Å². The number of carbonyl (C=O) groups excluding carboxylic acids is 3. The molecule has 10 nitrogen and oxygen atoms in total. The average molecular weight is 608 g/mol. The third-order valence-electron chi connectivity index (χ3n) is 7.14. The Morgan fingerprint density at radius 2 is 1.57 bits per heavy atom. The molecule has 1 aliphatic rings. The van der Waals surface area contributed by atoms with Gasteiger partial charge in [-0.3, -0.25) is 14.4 Å². The van der Waals surface area contributed by atoms with Crippen molar-refractivity contribution in [3.8, 4) is 17.2 Å². The molecule has 0 bridgehead atoms. The van der Waals surface area contributed by atoms with Gasteiger partial charge in [-0.1, -0.05) is 0 Å². The fourth-order valence-corrected chi connectivity index (χ4v) is 4.93. The summed E-state index contributed by atoms with van der Waals surface area (Å²) in [6.45, 7) is -0.0466. The molecule has 0 saturated heterocycles. The second-order valence-electron chi connectivity index (χ2n) is 10.1. The highest BCUT2D eigenvalue weighted by Crippen LogP contribution is 2.38. The fraction of sp³-hybridized carbons (Fsp3) is 0.226. The van der Waals surface area contributed by atoms with E-state index >= 15 is 0 Å². The number of rotatable bonds is 7. The van der Waals surface area contributed by atoms with Crippen molar-refractivity contribution in [2.45, 2.75) is 12.6 Å². The van der Waals surface area contributed by atoms with E-state index in [0.717, 1.165) is 4.68 Å². The molecule has 0 aliphatic carbocycles. The summed E-state index contributed by atoms with van der Waals surface area (Å²) in [6.07, 6.45) is -5.00. The Morgan fingerprint density at radius 1 is 0.932 bits per heavy atom. The van der Waals surface area contributed by atoms with Gasteiger partial charge in [-0.25, -0.2) is 4.68 Å². The fourth-order valence-electron chi connectivity index (χ4n) is 4.93. The maximum Gasteiger partial charge on any atom is 0.435 e. The lowest BCUT2D eigenvalue weighted by atomic mass is 10.0. The highest BCUT2D eigenvalue weighted by molar-refractivity contribution is 6.10. The van der Waals surface area contributed by atoms with Crippen LogP contribution in [0.15, 0.2) is 66.7 Å². The molecule has 0 fully saturated rings. The van der Waals surface area contributed by atoms with Crippen LogP contribution >= 0.6 is 0 Å². The average Bonchev–Trinajstić information content (AvgIpc) is 3.42. The number of nitrogens with zero attached hydrogens (tertiary/aromatic N) is 4. The van der Waals surface area contributed by atoms with Crippen molar-refractivity contribution in [2.24, 2.45) is 0 Å². The minimum Gasteiger partial charge on any atom is -0.497 e. The van der Waals surface area contributed by atoms with Gasteiger partial charge in [0.25, 0.3) is 17.7 Å². The van der Waals surface area contributed by atoms with E-state index in [1.54, 1.807) is 62.6 Å². The standard InChI is InChI=1S/C31H28F3N5O5/c1-37(2)29(41)18-5-9-20(10-6-18)38-16-15-23-26(30(38)42)39(36-27(23)31(32,33)34)25-14-13-22(44-4)17-24(25)28(40)35-19-7-11-21(43-3)12-8-19/h5-14,17H,15-16H2,1-4H3,(H,35,40). The van der Waals surface area contributed by atoms with Crippen LogP contribution in [0, 0.1) is 0 Å². The van der Waals surface area contributed by atoms with Crippen LogP contribution in [0.4, 0.5) is 24.5 Å². The second kappa shape index (κ2) is 11.7. The van der Waals surface area contributed by atoms with E-state index in [1.807, 2.05) is 0 Å². The first-order valence-electron chi connectivity index (χ1n) is 13.4. The van der Waals surface area contributed by atoms with Crippen LogP contribution in [0.2, 0.25) is 0 Å². The molecule has 0 atom stereocenters. The molecule has 0 spiro atoms. The van der Waals surface area contributed by atoms with Gasteiger partial charge in [0.05, 0.1) is 25.5 Å². The summed E-state index contributed by atoms with van der Waals surface area (Å²) < 4.78 is 53.9. The second-order valence-corrected chi connectivity index (χ2v) is 10.1. The summed E-state index contributed by atoms with van der Waals surface area (Å²) in [5.41, 5.74) is -0.729. The molecular formula is C31H28F3N5O5. The van der Waals surface area contributed by atoms with E-state index in [2.05, 4.69) is 10.4 Å². The Balaban J connectivity index is 1.59. The number of carbonyl (C=O) groups is 3. The quantitative estimate of drug-likeness (QED) is 0.315. The number of benzene rings is 3. The third kappa shape index (κ3) is 5.68. The predicted molar refractivity (Wildman–Crippen MR) is 156 cm³/mol. The first-order valence-corrected chi connectivity index (χ1v) is 13.4. The van der Waals surface area contributed by atoms with Gasteiger partial charge in [0.1, 0.15) is 17.2 Å². The van der Waals surface area contributed by atoms with Crippen LogP contribution < -0.4 is 19.7 Å².